The molecule has 154 valence electrons. The molecule has 0 aliphatic rings. The fraction of sp³-hybridized carbons (Fsp3) is 0.292. The van der Waals surface area contributed by atoms with Crippen molar-refractivity contribution in [2.75, 3.05) is 5.32 Å². The summed E-state index contributed by atoms with van der Waals surface area (Å²) in [6, 6.07) is 13.8. The maximum Gasteiger partial charge on any atom is 0.277 e. The Balaban J connectivity index is 1.70. The lowest BCUT2D eigenvalue weighted by Crippen LogP contribution is -2.30. The van der Waals surface area contributed by atoms with Crippen LogP contribution in [0.3, 0.4) is 0 Å². The Kier molecular flexibility index (Phi) is 5.16. The molecular weight excluding hydrogens is 378 g/mol. The van der Waals surface area contributed by atoms with Crippen LogP contribution in [-0.2, 0) is 11.3 Å². The average molecular weight is 403 g/mol. The van der Waals surface area contributed by atoms with E-state index in [4.69, 9.17) is 4.42 Å². The number of fused-ring (bicyclic) bond motifs is 3. The third-order valence-electron chi connectivity index (χ3n) is 5.25. The number of nitrogens with zero attached hydrogens (tertiary/aromatic N) is 2. The maximum atomic E-state index is 13.0. The summed E-state index contributed by atoms with van der Waals surface area (Å²) in [5, 5.41) is 5.38. The molecule has 0 aliphatic heterocycles. The Hall–Kier alpha value is -3.41. The molecule has 1 unspecified atom stereocenters. The third-order valence-corrected chi connectivity index (χ3v) is 5.25. The second-order valence-electron chi connectivity index (χ2n) is 8.00. The number of rotatable bonds is 6. The van der Waals surface area contributed by atoms with Crippen LogP contribution >= 0.6 is 0 Å². The van der Waals surface area contributed by atoms with Gasteiger partial charge in [-0.05, 0) is 37.6 Å². The zero-order chi connectivity index (χ0) is 21.4. The predicted octanol–water partition coefficient (Wildman–Crippen LogP) is 5.03. The minimum Gasteiger partial charge on any atom is -0.456 e. The van der Waals surface area contributed by atoms with Gasteiger partial charge in [0, 0.05) is 22.7 Å². The van der Waals surface area contributed by atoms with Crippen LogP contribution in [0.4, 0.5) is 5.69 Å². The summed E-state index contributed by atoms with van der Waals surface area (Å²) in [4.78, 5) is 29.2. The number of ketones is 1. The van der Waals surface area contributed by atoms with E-state index in [0.29, 0.717) is 11.5 Å². The number of para-hydroxylation sites is 1. The van der Waals surface area contributed by atoms with Gasteiger partial charge in [-0.2, -0.15) is 0 Å². The first-order valence-corrected chi connectivity index (χ1v) is 10.1. The molecule has 0 fully saturated rings. The zero-order valence-corrected chi connectivity index (χ0v) is 17.6. The average Bonchev–Trinajstić information content (AvgIpc) is 3.08. The van der Waals surface area contributed by atoms with Crippen molar-refractivity contribution in [3.8, 4) is 0 Å². The summed E-state index contributed by atoms with van der Waals surface area (Å²) in [5.74, 6) is 0.572. The van der Waals surface area contributed by atoms with Gasteiger partial charge in [0.05, 0.1) is 12.7 Å². The summed E-state index contributed by atoms with van der Waals surface area (Å²) in [7, 11) is 0. The summed E-state index contributed by atoms with van der Waals surface area (Å²) >= 11 is 0. The lowest BCUT2D eigenvalue weighted by molar-refractivity contribution is -0.117. The van der Waals surface area contributed by atoms with Crippen LogP contribution in [0.2, 0.25) is 0 Å². The van der Waals surface area contributed by atoms with Crippen LogP contribution in [0.1, 0.15) is 51.0 Å². The van der Waals surface area contributed by atoms with Crippen molar-refractivity contribution >= 4 is 33.4 Å². The van der Waals surface area contributed by atoms with Gasteiger partial charge in [0.25, 0.3) is 5.56 Å². The van der Waals surface area contributed by atoms with Gasteiger partial charge in [-0.15, -0.1) is 0 Å². The number of carbonyl (C=O) groups is 1. The van der Waals surface area contributed by atoms with Gasteiger partial charge in [0.1, 0.15) is 28.5 Å². The molecule has 0 amide bonds. The van der Waals surface area contributed by atoms with Gasteiger partial charge >= 0.3 is 0 Å². The first kappa shape index (κ1) is 19.9. The minimum absolute atomic E-state index is 0.0240. The Morgan fingerprint density at radius 1 is 1.10 bits per heavy atom. The first-order valence-electron chi connectivity index (χ1n) is 10.1. The highest BCUT2D eigenvalue weighted by molar-refractivity contribution is 6.05. The molecule has 2 heterocycles. The second kappa shape index (κ2) is 7.78. The Morgan fingerprint density at radius 3 is 2.57 bits per heavy atom. The minimum atomic E-state index is -0.231. The second-order valence-corrected chi connectivity index (χ2v) is 8.00. The van der Waals surface area contributed by atoms with Crippen molar-refractivity contribution in [2.24, 2.45) is 0 Å². The number of nitrogens with one attached hydrogen (secondary N) is 1. The number of anilines is 1. The van der Waals surface area contributed by atoms with Gasteiger partial charge in [-0.25, -0.2) is 4.98 Å². The molecule has 0 saturated carbocycles. The number of hydrogen-bond acceptors (Lipinski definition) is 5. The molecule has 6 heteroatoms. The van der Waals surface area contributed by atoms with E-state index in [1.165, 1.54) is 11.5 Å². The number of aromatic nitrogens is 2. The highest BCUT2D eigenvalue weighted by Gasteiger charge is 2.17. The summed E-state index contributed by atoms with van der Waals surface area (Å²) in [6.45, 7) is 7.41. The number of Topliss-reactive ketones (excluding diaryl/α,β-unsaturated/α-hetero) is 1. The van der Waals surface area contributed by atoms with Gasteiger partial charge in [0.2, 0.25) is 0 Å². The largest absolute Gasteiger partial charge is 0.456 e. The molecule has 30 heavy (non-hydrogen) atoms. The highest BCUT2D eigenvalue weighted by Crippen LogP contribution is 2.31. The van der Waals surface area contributed by atoms with Gasteiger partial charge in [-0.1, -0.05) is 38.1 Å². The monoisotopic (exact) mass is 403 g/mol. The Morgan fingerprint density at radius 2 is 1.83 bits per heavy atom. The molecule has 4 aromatic rings. The lowest BCUT2D eigenvalue weighted by Gasteiger charge is -2.19. The van der Waals surface area contributed by atoms with Crippen LogP contribution in [0, 0.1) is 0 Å². The van der Waals surface area contributed by atoms with Crippen LogP contribution in [0.25, 0.3) is 21.9 Å². The number of furan rings is 1. The SMILES string of the molecule is CC(=O)Cn1c(C(C)C)ncc(NC(C)c2ccc3oc4ccccc4c3c2)c1=O. The van der Waals surface area contributed by atoms with Crippen molar-refractivity contribution in [3.05, 3.63) is 70.4 Å². The topological polar surface area (TPSA) is 77.1 Å². The highest BCUT2D eigenvalue weighted by atomic mass is 16.3. The quantitative estimate of drug-likeness (QED) is 0.489. The van der Waals surface area contributed by atoms with Gasteiger partial charge < -0.3 is 9.73 Å². The fourth-order valence-corrected chi connectivity index (χ4v) is 3.77. The van der Waals surface area contributed by atoms with Crippen LogP contribution in [0.5, 0.6) is 0 Å². The fourth-order valence-electron chi connectivity index (χ4n) is 3.77. The van der Waals surface area contributed by atoms with E-state index in [0.717, 1.165) is 27.5 Å². The molecule has 0 aliphatic carbocycles. The van der Waals surface area contributed by atoms with Crippen molar-refractivity contribution in [2.45, 2.75) is 46.2 Å². The van der Waals surface area contributed by atoms with Gasteiger partial charge in [0.15, 0.2) is 0 Å². The summed E-state index contributed by atoms with van der Waals surface area (Å²) in [6.07, 6.45) is 1.57. The van der Waals surface area contributed by atoms with Crippen LogP contribution in [0.15, 0.2) is 57.9 Å². The molecule has 1 atom stereocenters. The molecule has 6 nitrogen and oxygen atoms in total. The first-order chi connectivity index (χ1) is 14.3. The van der Waals surface area contributed by atoms with Crippen molar-refractivity contribution in [3.63, 3.8) is 0 Å². The zero-order valence-electron chi connectivity index (χ0n) is 17.6. The van der Waals surface area contributed by atoms with Gasteiger partial charge in [-0.3, -0.25) is 14.2 Å². The standard InChI is InChI=1S/C24H25N3O3/c1-14(2)23-25-12-20(24(29)27(23)13-15(3)28)26-16(4)17-9-10-22-19(11-17)18-7-5-6-8-21(18)30-22/h5-12,14,16,26H,13H2,1-4H3. The Labute approximate surface area is 174 Å². The van der Waals surface area contributed by atoms with E-state index < -0.39 is 0 Å². The van der Waals surface area contributed by atoms with E-state index in [1.54, 1.807) is 6.20 Å². The maximum absolute atomic E-state index is 13.0. The number of carbonyl (C=O) groups excluding carboxylic acids is 1. The molecule has 2 aromatic carbocycles. The lowest BCUT2D eigenvalue weighted by atomic mass is 10.0. The third kappa shape index (κ3) is 3.61. The Bertz CT molecular complexity index is 1300. The van der Waals surface area contributed by atoms with Crippen LogP contribution in [-0.4, -0.2) is 15.3 Å². The smallest absolute Gasteiger partial charge is 0.277 e. The molecular formula is C24H25N3O3. The van der Waals surface area contributed by atoms with Crippen molar-refractivity contribution < 1.29 is 9.21 Å². The predicted molar refractivity (Wildman–Crippen MR) is 119 cm³/mol. The van der Waals surface area contributed by atoms with E-state index in [9.17, 15) is 9.59 Å². The summed E-state index contributed by atoms with van der Waals surface area (Å²) in [5.41, 5.74) is 2.86. The molecule has 0 bridgehead atoms. The molecule has 0 radical (unpaired) electrons. The van der Waals surface area contributed by atoms with E-state index in [1.807, 2.05) is 57.2 Å². The molecule has 1 N–H and O–H groups in total. The number of hydrogen-bond donors (Lipinski definition) is 1. The normalized spacial score (nSPS) is 12.6. The molecule has 4 rings (SSSR count). The van der Waals surface area contributed by atoms with E-state index in [-0.39, 0.29) is 29.8 Å². The van der Waals surface area contributed by atoms with E-state index >= 15 is 0 Å². The molecule has 0 spiro atoms. The van der Waals surface area contributed by atoms with E-state index in [2.05, 4.69) is 16.4 Å². The van der Waals surface area contributed by atoms with Crippen LogP contribution < -0.4 is 10.9 Å². The number of benzene rings is 2. The van der Waals surface area contributed by atoms with Crippen molar-refractivity contribution in [1.29, 1.82) is 0 Å². The molecule has 0 saturated heterocycles. The summed E-state index contributed by atoms with van der Waals surface area (Å²) < 4.78 is 7.36. The van der Waals surface area contributed by atoms with Crippen molar-refractivity contribution in [1.82, 2.24) is 9.55 Å². The molecule has 2 aromatic heterocycles.